The van der Waals surface area contributed by atoms with Crippen LogP contribution in [0.15, 0.2) is 33.4 Å². The maximum atomic E-state index is 12.5. The number of phenolic OH excluding ortho intramolecular Hbond substituents is 1. The molecule has 0 aliphatic heterocycles. The number of halogens is 2. The molecule has 1 aromatic carbocycles. The van der Waals surface area contributed by atoms with Crippen molar-refractivity contribution in [1.82, 2.24) is 4.90 Å². The number of rotatable bonds is 5. The van der Waals surface area contributed by atoms with Crippen LogP contribution in [0.3, 0.4) is 0 Å². The van der Waals surface area contributed by atoms with Gasteiger partial charge in [0.2, 0.25) is 0 Å². The van der Waals surface area contributed by atoms with E-state index in [0.29, 0.717) is 17.2 Å². The van der Waals surface area contributed by atoms with Crippen molar-refractivity contribution in [2.45, 2.75) is 19.8 Å². The molecule has 1 N–H and O–H groups in total. The molecule has 0 atom stereocenters. The van der Waals surface area contributed by atoms with Gasteiger partial charge in [-0.2, -0.15) is 0 Å². The van der Waals surface area contributed by atoms with Gasteiger partial charge >= 0.3 is 0 Å². The summed E-state index contributed by atoms with van der Waals surface area (Å²) >= 11 is 9.43. The molecule has 19 heavy (non-hydrogen) atoms. The molecule has 0 saturated carbocycles. The van der Waals surface area contributed by atoms with Crippen LogP contribution < -0.4 is 0 Å². The Morgan fingerprint density at radius 1 is 1.42 bits per heavy atom. The van der Waals surface area contributed by atoms with Crippen LogP contribution in [0.25, 0.3) is 0 Å². The van der Waals surface area contributed by atoms with Gasteiger partial charge in [0, 0.05) is 24.1 Å². The number of nitrogens with zero attached hydrogens (tertiary/aromatic N) is 1. The number of hydrogen-bond acceptors (Lipinski definition) is 3. The Bertz CT molecular complexity index is 512. The summed E-state index contributed by atoms with van der Waals surface area (Å²) in [6, 6.07) is 4.82. The molecule has 0 spiro atoms. The Morgan fingerprint density at radius 2 is 2.05 bits per heavy atom. The zero-order valence-electron chi connectivity index (χ0n) is 11.2. The van der Waals surface area contributed by atoms with Crippen molar-refractivity contribution in [3.63, 3.8) is 0 Å². The summed E-state index contributed by atoms with van der Waals surface area (Å²) < 4.78 is 0.723. The van der Waals surface area contributed by atoms with Crippen LogP contribution in [0.4, 0.5) is 0 Å². The minimum absolute atomic E-state index is 0.0452. The third-order valence-electron chi connectivity index (χ3n) is 2.62. The van der Waals surface area contributed by atoms with Gasteiger partial charge in [0.05, 0.1) is 5.56 Å². The van der Waals surface area contributed by atoms with Gasteiger partial charge in [0.15, 0.2) is 5.78 Å². The maximum absolute atomic E-state index is 12.5. The molecule has 0 radical (unpaired) electrons. The Labute approximate surface area is 127 Å². The second-order valence-electron chi connectivity index (χ2n) is 4.40. The van der Waals surface area contributed by atoms with Crippen LogP contribution >= 0.6 is 27.5 Å². The number of allylic oxidation sites excluding steroid dienone is 1. The molecule has 0 bridgehead atoms. The highest BCUT2D eigenvalue weighted by atomic mass is 79.9. The van der Waals surface area contributed by atoms with Crippen LogP contribution in [-0.4, -0.2) is 29.9 Å². The van der Waals surface area contributed by atoms with E-state index in [0.717, 1.165) is 10.9 Å². The van der Waals surface area contributed by atoms with Gasteiger partial charge in [-0.25, -0.2) is 0 Å². The Balaban J connectivity index is 3.24. The fraction of sp³-hybridized carbons (Fsp3) is 0.357. The first-order chi connectivity index (χ1) is 8.88. The topological polar surface area (TPSA) is 40.5 Å². The summed E-state index contributed by atoms with van der Waals surface area (Å²) in [6.07, 6.45) is 1.38. The van der Waals surface area contributed by atoms with Crippen molar-refractivity contribution in [2.24, 2.45) is 0 Å². The van der Waals surface area contributed by atoms with Crippen molar-refractivity contribution in [3.05, 3.63) is 39.0 Å². The first-order valence-corrected chi connectivity index (χ1v) is 7.14. The average molecular weight is 347 g/mol. The molecule has 1 aromatic rings. The van der Waals surface area contributed by atoms with E-state index < -0.39 is 0 Å². The second kappa shape index (κ2) is 6.96. The summed E-state index contributed by atoms with van der Waals surface area (Å²) in [5.41, 5.74) is 0.790. The molecular formula is C14H17BrClNO2. The highest BCUT2D eigenvalue weighted by Gasteiger charge is 2.19. The number of hydrogen-bond donors (Lipinski definition) is 1. The quantitative estimate of drug-likeness (QED) is 0.494. The van der Waals surface area contributed by atoms with E-state index >= 15 is 0 Å². The van der Waals surface area contributed by atoms with E-state index in [1.807, 2.05) is 6.92 Å². The average Bonchev–Trinajstić information content (AvgIpc) is 2.34. The lowest BCUT2D eigenvalue weighted by Gasteiger charge is -2.16. The number of carbonyl (C=O) groups excluding carboxylic acids is 1. The molecule has 0 fully saturated rings. The van der Waals surface area contributed by atoms with E-state index in [1.165, 1.54) is 6.07 Å². The monoisotopic (exact) mass is 345 g/mol. The van der Waals surface area contributed by atoms with Gasteiger partial charge in [-0.15, -0.1) is 0 Å². The summed E-state index contributed by atoms with van der Waals surface area (Å²) in [6.45, 7) is 1.98. The van der Waals surface area contributed by atoms with Gasteiger partial charge < -0.3 is 10.0 Å². The highest BCUT2D eigenvalue weighted by molar-refractivity contribution is 9.10. The number of aromatic hydroxyl groups is 1. The largest absolute Gasteiger partial charge is 0.507 e. The summed E-state index contributed by atoms with van der Waals surface area (Å²) in [5, 5.41) is 10.3. The molecule has 3 nitrogen and oxygen atoms in total. The predicted molar refractivity (Wildman–Crippen MR) is 81.6 cm³/mol. The number of phenols is 1. The predicted octanol–water partition coefficient (Wildman–Crippen LogP) is 4.15. The number of carbonyl (C=O) groups is 1. The molecule has 0 unspecified atom stereocenters. The minimum Gasteiger partial charge on any atom is -0.507 e. The lowest BCUT2D eigenvalue weighted by Crippen LogP contribution is -2.14. The minimum atomic E-state index is -0.231. The summed E-state index contributed by atoms with van der Waals surface area (Å²) in [4.78, 5) is 14.2. The molecule has 1 rings (SSSR count). The van der Waals surface area contributed by atoms with Crippen molar-refractivity contribution >= 4 is 33.3 Å². The van der Waals surface area contributed by atoms with Crippen LogP contribution in [0, 0.1) is 0 Å². The van der Waals surface area contributed by atoms with Gasteiger partial charge in [-0.05, 0) is 24.6 Å². The fourth-order valence-corrected chi connectivity index (χ4v) is 2.22. The van der Waals surface area contributed by atoms with Crippen molar-refractivity contribution in [1.29, 1.82) is 0 Å². The van der Waals surface area contributed by atoms with Crippen molar-refractivity contribution in [3.8, 4) is 5.75 Å². The lowest BCUT2D eigenvalue weighted by atomic mass is 9.99. The smallest absolute Gasteiger partial charge is 0.195 e. The van der Waals surface area contributed by atoms with Gasteiger partial charge in [-0.3, -0.25) is 4.79 Å². The van der Waals surface area contributed by atoms with E-state index in [4.69, 9.17) is 11.6 Å². The first kappa shape index (κ1) is 16.1. The van der Waals surface area contributed by atoms with Crippen LogP contribution in [0.2, 0.25) is 0 Å². The molecule has 5 heteroatoms. The molecule has 104 valence electrons. The Hall–Kier alpha value is -1.00. The van der Waals surface area contributed by atoms with Gasteiger partial charge in [-0.1, -0.05) is 40.9 Å². The van der Waals surface area contributed by atoms with E-state index in [-0.39, 0.29) is 17.1 Å². The highest BCUT2D eigenvalue weighted by Crippen LogP contribution is 2.28. The normalized spacial score (nSPS) is 12.1. The number of Topliss-reactive ketones (excluding diaryl/α,β-unsaturated/α-hetero) is 1. The number of benzene rings is 1. The zero-order chi connectivity index (χ0) is 14.6. The summed E-state index contributed by atoms with van der Waals surface area (Å²) in [5.74, 6) is -0.276. The van der Waals surface area contributed by atoms with Crippen LogP contribution in [0.1, 0.15) is 30.1 Å². The van der Waals surface area contributed by atoms with E-state index in [9.17, 15) is 9.90 Å². The fourth-order valence-electron chi connectivity index (χ4n) is 1.69. The Kier molecular flexibility index (Phi) is 5.88. The molecule has 0 saturated heterocycles. The SMILES string of the molecule is CCC/C(C(=O)c1ccc(Br)cc1O)=C(/Cl)N(C)C. The zero-order valence-corrected chi connectivity index (χ0v) is 13.5. The van der Waals surface area contributed by atoms with E-state index in [2.05, 4.69) is 15.9 Å². The summed E-state index contributed by atoms with van der Waals surface area (Å²) in [7, 11) is 3.57. The van der Waals surface area contributed by atoms with Gasteiger partial charge in [0.25, 0.3) is 0 Å². The van der Waals surface area contributed by atoms with Crippen molar-refractivity contribution < 1.29 is 9.90 Å². The molecular weight excluding hydrogens is 330 g/mol. The third-order valence-corrected chi connectivity index (χ3v) is 3.68. The lowest BCUT2D eigenvalue weighted by molar-refractivity contribution is 0.102. The van der Waals surface area contributed by atoms with E-state index in [1.54, 1.807) is 31.1 Å². The van der Waals surface area contributed by atoms with Crippen molar-refractivity contribution in [2.75, 3.05) is 14.1 Å². The van der Waals surface area contributed by atoms with Gasteiger partial charge in [0.1, 0.15) is 10.9 Å². The standard InChI is InChI=1S/C14H17BrClNO2/c1-4-5-11(14(16)17(2)3)13(19)10-7-6-9(15)8-12(10)18/h6-8,18H,4-5H2,1-3H3/b14-11+. The first-order valence-electron chi connectivity index (χ1n) is 5.97. The Morgan fingerprint density at radius 3 is 2.53 bits per heavy atom. The molecule has 0 amide bonds. The maximum Gasteiger partial charge on any atom is 0.195 e. The molecule has 0 aliphatic rings. The molecule has 0 aliphatic carbocycles. The molecule has 0 heterocycles. The molecule has 0 aromatic heterocycles. The van der Waals surface area contributed by atoms with Crippen LogP contribution in [-0.2, 0) is 0 Å². The third kappa shape index (κ3) is 3.98. The number of ketones is 1. The second-order valence-corrected chi connectivity index (χ2v) is 5.68. The van der Waals surface area contributed by atoms with Crippen LogP contribution in [0.5, 0.6) is 5.75 Å².